The number of nitrogens with zero attached hydrogens (tertiary/aromatic N) is 1. The van der Waals surface area contributed by atoms with Crippen molar-refractivity contribution < 1.29 is 0 Å². The maximum atomic E-state index is 6.30. The lowest BCUT2D eigenvalue weighted by atomic mass is 9.98. The Morgan fingerprint density at radius 1 is 1.30 bits per heavy atom. The molecule has 1 heterocycles. The molecule has 2 aromatic rings. The zero-order chi connectivity index (χ0) is 14.5. The fraction of sp³-hybridized carbons (Fsp3) is 0.312. The number of halogens is 1. The Hall–Kier alpha value is -1.42. The zero-order valence-corrected chi connectivity index (χ0v) is 12.6. The fourth-order valence-electron chi connectivity index (χ4n) is 2.34. The summed E-state index contributed by atoms with van der Waals surface area (Å²) in [5, 5.41) is 0.777. The summed E-state index contributed by atoms with van der Waals surface area (Å²) in [4.78, 5) is 4.48. The van der Waals surface area contributed by atoms with Crippen molar-refractivity contribution in [1.82, 2.24) is 10.4 Å². The third-order valence-corrected chi connectivity index (χ3v) is 3.82. The minimum atomic E-state index is -0.0358. The van der Waals surface area contributed by atoms with Gasteiger partial charge in [-0.1, -0.05) is 36.7 Å². The lowest BCUT2D eigenvalue weighted by Gasteiger charge is -2.19. The molecule has 0 saturated carbocycles. The van der Waals surface area contributed by atoms with Gasteiger partial charge in [0.15, 0.2) is 0 Å². The van der Waals surface area contributed by atoms with Crippen molar-refractivity contribution in [2.45, 2.75) is 32.7 Å². The summed E-state index contributed by atoms with van der Waals surface area (Å²) in [5.41, 5.74) is 7.30. The summed E-state index contributed by atoms with van der Waals surface area (Å²) in [5.74, 6) is 5.72. The van der Waals surface area contributed by atoms with Gasteiger partial charge in [0.05, 0.1) is 11.7 Å². The summed E-state index contributed by atoms with van der Waals surface area (Å²) in [7, 11) is 0. The van der Waals surface area contributed by atoms with Crippen LogP contribution in [0.15, 0.2) is 36.5 Å². The Morgan fingerprint density at radius 2 is 2.10 bits per heavy atom. The Bertz CT molecular complexity index is 584. The Balaban J connectivity index is 2.29. The lowest BCUT2D eigenvalue weighted by Crippen LogP contribution is -2.31. The molecular weight excluding hydrogens is 270 g/mol. The molecule has 1 atom stereocenters. The number of hydrazine groups is 1. The van der Waals surface area contributed by atoms with Crippen LogP contribution in [-0.4, -0.2) is 4.98 Å². The average molecular weight is 290 g/mol. The zero-order valence-electron chi connectivity index (χ0n) is 11.9. The molecule has 2 rings (SSSR count). The highest BCUT2D eigenvalue weighted by Gasteiger charge is 2.16. The monoisotopic (exact) mass is 289 g/mol. The predicted octanol–water partition coefficient (Wildman–Crippen LogP) is 3.35. The van der Waals surface area contributed by atoms with Gasteiger partial charge in [0.25, 0.3) is 0 Å². The van der Waals surface area contributed by atoms with E-state index in [1.54, 1.807) is 6.20 Å². The third kappa shape index (κ3) is 3.37. The molecule has 0 aliphatic rings. The number of pyridine rings is 1. The Kier molecular flexibility index (Phi) is 5.12. The van der Waals surface area contributed by atoms with Gasteiger partial charge in [-0.2, -0.15) is 0 Å². The molecule has 3 nitrogen and oxygen atoms in total. The number of aryl methyl sites for hydroxylation is 2. The van der Waals surface area contributed by atoms with E-state index in [0.29, 0.717) is 0 Å². The Labute approximate surface area is 125 Å². The van der Waals surface area contributed by atoms with Gasteiger partial charge >= 0.3 is 0 Å². The average Bonchev–Trinajstić information content (AvgIpc) is 2.46. The van der Waals surface area contributed by atoms with E-state index in [2.05, 4.69) is 35.5 Å². The van der Waals surface area contributed by atoms with Crippen molar-refractivity contribution >= 4 is 11.6 Å². The number of nitrogens with one attached hydrogen (secondary N) is 1. The molecule has 20 heavy (non-hydrogen) atoms. The quantitative estimate of drug-likeness (QED) is 0.655. The first kappa shape index (κ1) is 15.0. The highest BCUT2D eigenvalue weighted by molar-refractivity contribution is 6.31. The van der Waals surface area contributed by atoms with Crippen LogP contribution in [0, 0.1) is 6.92 Å². The lowest BCUT2D eigenvalue weighted by molar-refractivity contribution is 0.533. The van der Waals surface area contributed by atoms with E-state index in [0.717, 1.165) is 34.7 Å². The summed E-state index contributed by atoms with van der Waals surface area (Å²) >= 11 is 6.30. The van der Waals surface area contributed by atoms with E-state index in [-0.39, 0.29) is 6.04 Å². The van der Waals surface area contributed by atoms with Crippen molar-refractivity contribution in [3.63, 3.8) is 0 Å². The number of nitrogens with two attached hydrogens (primary N) is 1. The van der Waals surface area contributed by atoms with Crippen LogP contribution in [0.5, 0.6) is 0 Å². The molecule has 0 radical (unpaired) electrons. The minimum Gasteiger partial charge on any atom is -0.271 e. The molecule has 0 amide bonds. The number of hydrogen-bond acceptors (Lipinski definition) is 3. The van der Waals surface area contributed by atoms with Gasteiger partial charge in [-0.3, -0.25) is 16.3 Å². The van der Waals surface area contributed by atoms with Gasteiger partial charge < -0.3 is 0 Å². The van der Waals surface area contributed by atoms with Gasteiger partial charge in [0.1, 0.15) is 0 Å². The van der Waals surface area contributed by atoms with E-state index in [9.17, 15) is 0 Å². The maximum absolute atomic E-state index is 6.30. The highest BCUT2D eigenvalue weighted by atomic mass is 35.5. The van der Waals surface area contributed by atoms with Crippen molar-refractivity contribution in [3.05, 3.63) is 63.9 Å². The molecule has 1 aromatic carbocycles. The molecule has 0 saturated heterocycles. The minimum absolute atomic E-state index is 0.0358. The molecule has 0 fully saturated rings. The topological polar surface area (TPSA) is 50.9 Å². The van der Waals surface area contributed by atoms with Crippen LogP contribution in [0.2, 0.25) is 5.02 Å². The standard InChI is InChI=1S/C16H20ClN3/c1-3-12-5-4-8-19-16(12)15(20-18)10-13-7-6-11(2)9-14(13)17/h4-9,15,20H,3,10,18H2,1-2H3. The molecule has 0 spiro atoms. The van der Waals surface area contributed by atoms with Gasteiger partial charge in [0.2, 0.25) is 0 Å². The summed E-state index contributed by atoms with van der Waals surface area (Å²) in [6, 6.07) is 10.1. The number of hydrogen-bond donors (Lipinski definition) is 2. The van der Waals surface area contributed by atoms with E-state index >= 15 is 0 Å². The van der Waals surface area contributed by atoms with E-state index in [4.69, 9.17) is 17.4 Å². The first-order chi connectivity index (χ1) is 9.65. The van der Waals surface area contributed by atoms with Crippen LogP contribution in [0.25, 0.3) is 0 Å². The first-order valence-corrected chi connectivity index (χ1v) is 7.18. The molecule has 0 aliphatic heterocycles. The maximum Gasteiger partial charge on any atom is 0.0675 e. The summed E-state index contributed by atoms with van der Waals surface area (Å²) < 4.78 is 0. The Morgan fingerprint density at radius 3 is 2.75 bits per heavy atom. The highest BCUT2D eigenvalue weighted by Crippen LogP contribution is 2.25. The van der Waals surface area contributed by atoms with Gasteiger partial charge in [-0.25, -0.2) is 0 Å². The normalized spacial score (nSPS) is 12.4. The SMILES string of the molecule is CCc1cccnc1C(Cc1ccc(C)cc1Cl)NN. The second-order valence-electron chi connectivity index (χ2n) is 4.92. The molecule has 0 aliphatic carbocycles. The van der Waals surface area contributed by atoms with Crippen LogP contribution < -0.4 is 11.3 Å². The van der Waals surface area contributed by atoms with Crippen molar-refractivity contribution in [2.24, 2.45) is 5.84 Å². The number of rotatable bonds is 5. The van der Waals surface area contributed by atoms with Crippen LogP contribution in [-0.2, 0) is 12.8 Å². The summed E-state index contributed by atoms with van der Waals surface area (Å²) in [6.45, 7) is 4.15. The van der Waals surface area contributed by atoms with Crippen molar-refractivity contribution in [3.8, 4) is 0 Å². The number of benzene rings is 1. The van der Waals surface area contributed by atoms with E-state index < -0.39 is 0 Å². The fourth-order valence-corrected chi connectivity index (χ4v) is 2.65. The molecule has 1 aromatic heterocycles. The smallest absolute Gasteiger partial charge is 0.0675 e. The molecule has 106 valence electrons. The largest absolute Gasteiger partial charge is 0.271 e. The molecular formula is C16H20ClN3. The third-order valence-electron chi connectivity index (χ3n) is 3.47. The predicted molar refractivity (Wildman–Crippen MR) is 83.6 cm³/mol. The van der Waals surface area contributed by atoms with Gasteiger partial charge in [-0.05, 0) is 48.6 Å². The van der Waals surface area contributed by atoms with Crippen LogP contribution in [0.1, 0.15) is 35.3 Å². The van der Waals surface area contributed by atoms with Crippen LogP contribution in [0.3, 0.4) is 0 Å². The van der Waals surface area contributed by atoms with Gasteiger partial charge in [-0.15, -0.1) is 0 Å². The second kappa shape index (κ2) is 6.84. The second-order valence-corrected chi connectivity index (χ2v) is 5.33. The van der Waals surface area contributed by atoms with Gasteiger partial charge in [0, 0.05) is 11.2 Å². The summed E-state index contributed by atoms with van der Waals surface area (Å²) in [6.07, 6.45) is 3.46. The van der Waals surface area contributed by atoms with E-state index in [1.165, 1.54) is 5.56 Å². The molecule has 1 unspecified atom stereocenters. The van der Waals surface area contributed by atoms with Crippen LogP contribution >= 0.6 is 11.6 Å². The van der Waals surface area contributed by atoms with E-state index in [1.807, 2.05) is 19.1 Å². The number of aromatic nitrogens is 1. The molecule has 3 N–H and O–H groups in total. The van der Waals surface area contributed by atoms with Crippen molar-refractivity contribution in [2.75, 3.05) is 0 Å². The van der Waals surface area contributed by atoms with Crippen molar-refractivity contribution in [1.29, 1.82) is 0 Å². The first-order valence-electron chi connectivity index (χ1n) is 6.80. The van der Waals surface area contributed by atoms with Crippen LogP contribution in [0.4, 0.5) is 0 Å². The molecule has 0 bridgehead atoms. The molecule has 4 heteroatoms.